The third kappa shape index (κ3) is 5.49. The highest BCUT2D eigenvalue weighted by Gasteiger charge is 2.46. The highest BCUT2D eigenvalue weighted by Crippen LogP contribution is 2.57. The van der Waals surface area contributed by atoms with Crippen molar-refractivity contribution in [1.29, 1.82) is 0 Å². The summed E-state index contributed by atoms with van der Waals surface area (Å²) < 4.78 is 13.4. The Morgan fingerprint density at radius 1 is 0.232 bits per heavy atom. The van der Waals surface area contributed by atoms with Gasteiger partial charge in [-0.3, -0.25) is 0 Å². The minimum atomic E-state index is -0.463. The normalized spacial score (nSPS) is 13.0. The van der Waals surface area contributed by atoms with Crippen molar-refractivity contribution in [2.24, 2.45) is 0 Å². The van der Waals surface area contributed by atoms with E-state index in [1.54, 1.807) is 0 Å². The van der Waals surface area contributed by atoms with Crippen molar-refractivity contribution in [3.8, 4) is 44.5 Å². The summed E-state index contributed by atoms with van der Waals surface area (Å²) in [7, 11) is 0. The van der Waals surface area contributed by atoms with E-state index < -0.39 is 5.41 Å². The Labute approximate surface area is 397 Å². The van der Waals surface area contributed by atoms with E-state index in [1.807, 2.05) is 0 Å². The van der Waals surface area contributed by atoms with Crippen molar-refractivity contribution < 1.29 is 8.83 Å². The fraction of sp³-hybridized carbons (Fsp3) is 0.0149. The van der Waals surface area contributed by atoms with Crippen LogP contribution in [0.3, 0.4) is 0 Å². The molecule has 0 unspecified atom stereocenters. The zero-order valence-corrected chi connectivity index (χ0v) is 37.4. The molecule has 0 radical (unpaired) electrons. The zero-order chi connectivity index (χ0) is 45.2. The van der Waals surface area contributed by atoms with Crippen LogP contribution in [0.5, 0.6) is 0 Å². The summed E-state index contributed by atoms with van der Waals surface area (Å²) in [6.45, 7) is 0. The van der Waals surface area contributed by atoms with Gasteiger partial charge in [-0.1, -0.05) is 188 Å². The molecule has 2 nitrogen and oxygen atoms in total. The van der Waals surface area contributed by atoms with E-state index in [9.17, 15) is 0 Å². The maximum Gasteiger partial charge on any atom is 0.178 e. The Balaban J connectivity index is 0.819. The summed E-state index contributed by atoms with van der Waals surface area (Å²) in [6, 6.07) is 88.8. The molecule has 0 saturated heterocycles. The molecular formula is C67H40O2. The van der Waals surface area contributed by atoms with E-state index in [0.29, 0.717) is 0 Å². The molecule has 0 fully saturated rings. The second kappa shape index (κ2) is 14.5. The smallest absolute Gasteiger partial charge is 0.178 e. The number of fused-ring (bicyclic) bond motifs is 16. The zero-order valence-electron chi connectivity index (χ0n) is 37.4. The summed E-state index contributed by atoms with van der Waals surface area (Å²) in [4.78, 5) is 0. The standard InChI is InChI=1S/C67H40O2/c1-3-16-47(17-4-1)67(48-18-5-2-6-19-48)61-25-12-11-24-54(61)55-31-27-46(40-62(55)67)45-29-35-64-60(39-45)57-33-32-56-59-38-44(28-34-63(59)68-65(56)66(57)69-64)42-15-13-14-41(36-42)43-26-30-53-51-22-8-7-20-49(51)50-21-9-10-23-52(50)58(53)37-43/h1-40H. The molecule has 0 N–H and O–H groups in total. The van der Waals surface area contributed by atoms with Gasteiger partial charge in [0.2, 0.25) is 0 Å². The summed E-state index contributed by atoms with van der Waals surface area (Å²) in [5.41, 5.74) is 17.4. The predicted molar refractivity (Wildman–Crippen MR) is 287 cm³/mol. The van der Waals surface area contributed by atoms with Gasteiger partial charge in [0.25, 0.3) is 0 Å². The third-order valence-corrected chi connectivity index (χ3v) is 15.1. The van der Waals surface area contributed by atoms with E-state index in [-0.39, 0.29) is 0 Å². The largest absolute Gasteiger partial charge is 0.452 e. The molecule has 1 aliphatic rings. The van der Waals surface area contributed by atoms with Crippen LogP contribution >= 0.6 is 0 Å². The van der Waals surface area contributed by atoms with Crippen molar-refractivity contribution in [1.82, 2.24) is 0 Å². The third-order valence-electron chi connectivity index (χ3n) is 15.1. The molecule has 12 aromatic carbocycles. The lowest BCUT2D eigenvalue weighted by atomic mass is 9.67. The Bertz CT molecular complexity index is 4340. The van der Waals surface area contributed by atoms with Gasteiger partial charge >= 0.3 is 0 Å². The van der Waals surface area contributed by atoms with E-state index in [4.69, 9.17) is 8.83 Å². The lowest BCUT2D eigenvalue weighted by Crippen LogP contribution is -2.28. The molecule has 69 heavy (non-hydrogen) atoms. The Morgan fingerprint density at radius 2 is 0.638 bits per heavy atom. The molecule has 15 rings (SSSR count). The lowest BCUT2D eigenvalue weighted by Gasteiger charge is -2.34. The fourth-order valence-electron chi connectivity index (χ4n) is 12.0. The van der Waals surface area contributed by atoms with Gasteiger partial charge in [0, 0.05) is 21.5 Å². The van der Waals surface area contributed by atoms with E-state index in [0.717, 1.165) is 66.1 Å². The van der Waals surface area contributed by atoms with Crippen molar-refractivity contribution >= 4 is 76.2 Å². The van der Waals surface area contributed by atoms with Crippen LogP contribution in [0, 0.1) is 0 Å². The second-order valence-corrected chi connectivity index (χ2v) is 18.7. The van der Waals surface area contributed by atoms with Crippen molar-refractivity contribution in [3.05, 3.63) is 265 Å². The van der Waals surface area contributed by atoms with Crippen LogP contribution in [0.25, 0.3) is 121 Å². The quantitative estimate of drug-likeness (QED) is 0.161. The van der Waals surface area contributed by atoms with Crippen LogP contribution in [-0.2, 0) is 5.41 Å². The average molecular weight is 877 g/mol. The number of hydrogen-bond donors (Lipinski definition) is 0. The molecular weight excluding hydrogens is 837 g/mol. The van der Waals surface area contributed by atoms with Crippen LogP contribution in [0.1, 0.15) is 22.3 Å². The monoisotopic (exact) mass is 876 g/mol. The Kier molecular flexibility index (Phi) is 8.02. The molecule has 0 atom stereocenters. The summed E-state index contributed by atoms with van der Waals surface area (Å²) in [6.07, 6.45) is 0. The SMILES string of the molecule is c1ccc(C2(c3ccccc3)c3ccccc3-c3ccc(-c4ccc5oc6c(ccc7c8cc(-c9cccc(-c%10ccc%11c%12ccccc%12c%12ccccc%12c%11c%10)c9)ccc8oc76)c5c4)cc32)cc1. The maximum atomic E-state index is 6.72. The molecule has 2 aromatic heterocycles. The van der Waals surface area contributed by atoms with Gasteiger partial charge < -0.3 is 8.83 Å². The first-order chi connectivity index (χ1) is 34.2. The highest BCUT2D eigenvalue weighted by atomic mass is 16.4. The minimum absolute atomic E-state index is 0.463. The van der Waals surface area contributed by atoms with E-state index >= 15 is 0 Å². The van der Waals surface area contributed by atoms with Crippen molar-refractivity contribution in [2.75, 3.05) is 0 Å². The van der Waals surface area contributed by atoms with Crippen LogP contribution in [-0.4, -0.2) is 0 Å². The fourth-order valence-corrected chi connectivity index (χ4v) is 12.0. The molecule has 2 heteroatoms. The molecule has 0 amide bonds. The number of furan rings is 2. The van der Waals surface area contributed by atoms with Gasteiger partial charge in [-0.05, 0) is 154 Å². The first-order valence-corrected chi connectivity index (χ1v) is 23.8. The molecule has 0 bridgehead atoms. The molecule has 0 saturated carbocycles. The summed E-state index contributed by atoms with van der Waals surface area (Å²) in [5, 5.41) is 11.9. The van der Waals surface area contributed by atoms with E-state index in [2.05, 4.69) is 243 Å². The Morgan fingerprint density at radius 3 is 1.22 bits per heavy atom. The summed E-state index contributed by atoms with van der Waals surface area (Å²) >= 11 is 0. The van der Waals surface area contributed by atoms with Gasteiger partial charge in [0.05, 0.1) is 5.41 Å². The Hall–Kier alpha value is -8.98. The van der Waals surface area contributed by atoms with Crippen LogP contribution in [0.4, 0.5) is 0 Å². The molecule has 2 heterocycles. The van der Waals surface area contributed by atoms with Crippen LogP contribution in [0.2, 0.25) is 0 Å². The first-order valence-electron chi connectivity index (χ1n) is 23.8. The van der Waals surface area contributed by atoms with Gasteiger partial charge in [-0.15, -0.1) is 0 Å². The minimum Gasteiger partial charge on any atom is -0.452 e. The molecule has 14 aromatic rings. The van der Waals surface area contributed by atoms with Gasteiger partial charge in [-0.2, -0.15) is 0 Å². The number of rotatable bonds is 5. The first kappa shape index (κ1) is 38.2. The van der Waals surface area contributed by atoms with Crippen molar-refractivity contribution in [2.45, 2.75) is 5.41 Å². The van der Waals surface area contributed by atoms with Gasteiger partial charge in [0.1, 0.15) is 11.2 Å². The summed E-state index contributed by atoms with van der Waals surface area (Å²) in [5.74, 6) is 0. The molecule has 0 spiro atoms. The average Bonchev–Trinajstić information content (AvgIpc) is 4.09. The highest BCUT2D eigenvalue weighted by molar-refractivity contribution is 6.26. The van der Waals surface area contributed by atoms with Crippen molar-refractivity contribution in [3.63, 3.8) is 0 Å². The number of benzene rings is 12. The van der Waals surface area contributed by atoms with Crippen LogP contribution in [0.15, 0.2) is 251 Å². The molecule has 0 aliphatic heterocycles. The van der Waals surface area contributed by atoms with Gasteiger partial charge in [-0.25, -0.2) is 0 Å². The second-order valence-electron chi connectivity index (χ2n) is 18.7. The maximum absolute atomic E-state index is 6.72. The van der Waals surface area contributed by atoms with Gasteiger partial charge in [0.15, 0.2) is 11.2 Å². The molecule has 320 valence electrons. The molecule has 1 aliphatic carbocycles. The predicted octanol–water partition coefficient (Wildman–Crippen LogP) is 18.3. The topological polar surface area (TPSA) is 26.3 Å². The lowest BCUT2D eigenvalue weighted by molar-refractivity contribution is 0.633. The van der Waals surface area contributed by atoms with E-state index in [1.165, 1.54) is 76.8 Å². The number of hydrogen-bond acceptors (Lipinski definition) is 2. The van der Waals surface area contributed by atoms with Crippen LogP contribution < -0.4 is 0 Å².